The van der Waals surface area contributed by atoms with E-state index >= 15 is 0 Å². The van der Waals surface area contributed by atoms with Gasteiger partial charge < -0.3 is 5.32 Å². The van der Waals surface area contributed by atoms with E-state index in [-0.39, 0.29) is 6.04 Å². The van der Waals surface area contributed by atoms with Gasteiger partial charge in [0, 0.05) is 31.2 Å². The molecule has 0 spiro atoms. The molecule has 2 heterocycles. The summed E-state index contributed by atoms with van der Waals surface area (Å²) < 4.78 is 26.8. The van der Waals surface area contributed by atoms with Crippen LogP contribution in [0.4, 0.5) is 0 Å². The maximum atomic E-state index is 12.1. The molecule has 2 rings (SSSR count). The standard InChI is InChI=1S/C11H18N4O2S/c1-9(11-8-12-5-6-14-11)18(16,17)15-7-10-3-2-4-13-10/h5-6,8-10,13,15H,2-4,7H2,1H3/t9-,10+/m1/s1. The van der Waals surface area contributed by atoms with Gasteiger partial charge in [-0.2, -0.15) is 0 Å². The molecule has 0 radical (unpaired) electrons. The Kier molecular flexibility index (Phi) is 4.26. The molecule has 1 aliphatic rings. The quantitative estimate of drug-likeness (QED) is 0.799. The van der Waals surface area contributed by atoms with E-state index in [4.69, 9.17) is 0 Å². The first-order valence-electron chi connectivity index (χ1n) is 6.07. The molecule has 0 unspecified atom stereocenters. The van der Waals surface area contributed by atoms with Crippen LogP contribution in [0.15, 0.2) is 18.6 Å². The second kappa shape index (κ2) is 5.73. The predicted octanol–water partition coefficient (Wildman–Crippen LogP) is 0.209. The Balaban J connectivity index is 1.97. The Hall–Kier alpha value is -1.05. The van der Waals surface area contributed by atoms with Crippen molar-refractivity contribution in [2.75, 3.05) is 13.1 Å². The molecule has 100 valence electrons. The second-order valence-electron chi connectivity index (χ2n) is 4.46. The minimum Gasteiger partial charge on any atom is -0.313 e. The van der Waals surface area contributed by atoms with Gasteiger partial charge in [0.2, 0.25) is 10.0 Å². The third kappa shape index (κ3) is 3.24. The molecule has 0 bridgehead atoms. The van der Waals surface area contributed by atoms with Crippen LogP contribution in [0.5, 0.6) is 0 Å². The Labute approximate surface area is 107 Å². The van der Waals surface area contributed by atoms with Gasteiger partial charge in [-0.25, -0.2) is 13.1 Å². The van der Waals surface area contributed by atoms with Crippen LogP contribution in [0.25, 0.3) is 0 Å². The lowest BCUT2D eigenvalue weighted by Gasteiger charge is -2.16. The van der Waals surface area contributed by atoms with Gasteiger partial charge in [0.25, 0.3) is 0 Å². The van der Waals surface area contributed by atoms with Crippen molar-refractivity contribution in [2.45, 2.75) is 31.1 Å². The summed E-state index contributed by atoms with van der Waals surface area (Å²) in [5, 5.41) is 2.57. The van der Waals surface area contributed by atoms with E-state index in [0.717, 1.165) is 19.4 Å². The van der Waals surface area contributed by atoms with Crippen LogP contribution >= 0.6 is 0 Å². The molecule has 1 fully saturated rings. The highest BCUT2D eigenvalue weighted by molar-refractivity contribution is 7.89. The van der Waals surface area contributed by atoms with Crippen molar-refractivity contribution in [3.05, 3.63) is 24.3 Å². The molecule has 2 atom stereocenters. The van der Waals surface area contributed by atoms with Crippen molar-refractivity contribution in [2.24, 2.45) is 0 Å². The molecular weight excluding hydrogens is 252 g/mol. The van der Waals surface area contributed by atoms with Crippen molar-refractivity contribution in [1.29, 1.82) is 0 Å². The van der Waals surface area contributed by atoms with E-state index in [1.54, 1.807) is 6.92 Å². The van der Waals surface area contributed by atoms with E-state index in [2.05, 4.69) is 20.0 Å². The van der Waals surface area contributed by atoms with Gasteiger partial charge in [-0.3, -0.25) is 9.97 Å². The first kappa shape index (κ1) is 13.4. The Morgan fingerprint density at radius 1 is 1.56 bits per heavy atom. The van der Waals surface area contributed by atoms with Crippen molar-refractivity contribution in [3.8, 4) is 0 Å². The second-order valence-corrected chi connectivity index (χ2v) is 6.55. The fourth-order valence-electron chi connectivity index (χ4n) is 1.95. The molecule has 0 amide bonds. The van der Waals surface area contributed by atoms with Crippen LogP contribution in [0.1, 0.15) is 30.7 Å². The lowest BCUT2D eigenvalue weighted by Crippen LogP contribution is -2.38. The molecule has 0 saturated carbocycles. The van der Waals surface area contributed by atoms with Crippen LogP contribution in [0.3, 0.4) is 0 Å². The van der Waals surface area contributed by atoms with Gasteiger partial charge >= 0.3 is 0 Å². The van der Waals surface area contributed by atoms with Gasteiger partial charge in [0.1, 0.15) is 5.25 Å². The first-order valence-corrected chi connectivity index (χ1v) is 7.62. The lowest BCUT2D eigenvalue weighted by atomic mass is 10.2. The van der Waals surface area contributed by atoms with E-state index in [1.807, 2.05) is 0 Å². The molecular formula is C11H18N4O2S. The lowest BCUT2D eigenvalue weighted by molar-refractivity contribution is 0.543. The minimum atomic E-state index is -3.39. The Bertz CT molecular complexity index is 471. The Morgan fingerprint density at radius 2 is 2.39 bits per heavy atom. The van der Waals surface area contributed by atoms with Crippen LogP contribution in [-0.2, 0) is 10.0 Å². The smallest absolute Gasteiger partial charge is 0.220 e. The van der Waals surface area contributed by atoms with E-state index in [0.29, 0.717) is 12.2 Å². The number of hydrogen-bond donors (Lipinski definition) is 2. The molecule has 6 nitrogen and oxygen atoms in total. The average Bonchev–Trinajstić information content (AvgIpc) is 2.90. The van der Waals surface area contributed by atoms with Gasteiger partial charge in [0.05, 0.1) is 5.69 Å². The normalized spacial score (nSPS) is 21.9. The van der Waals surface area contributed by atoms with Crippen molar-refractivity contribution < 1.29 is 8.42 Å². The highest BCUT2D eigenvalue weighted by Gasteiger charge is 2.25. The van der Waals surface area contributed by atoms with Crippen molar-refractivity contribution >= 4 is 10.0 Å². The molecule has 1 aromatic rings. The number of nitrogens with one attached hydrogen (secondary N) is 2. The first-order chi connectivity index (χ1) is 8.59. The maximum Gasteiger partial charge on any atom is 0.220 e. The third-order valence-electron chi connectivity index (χ3n) is 3.16. The number of hydrogen-bond acceptors (Lipinski definition) is 5. The van der Waals surface area contributed by atoms with Gasteiger partial charge in [-0.1, -0.05) is 0 Å². The largest absolute Gasteiger partial charge is 0.313 e. The maximum absolute atomic E-state index is 12.1. The number of sulfonamides is 1. The summed E-state index contributed by atoms with van der Waals surface area (Å²) in [6.07, 6.45) is 6.63. The molecule has 1 saturated heterocycles. The fraction of sp³-hybridized carbons (Fsp3) is 0.636. The van der Waals surface area contributed by atoms with Crippen LogP contribution in [0, 0.1) is 0 Å². The summed E-state index contributed by atoms with van der Waals surface area (Å²) in [4.78, 5) is 7.92. The summed E-state index contributed by atoms with van der Waals surface area (Å²) >= 11 is 0. The number of rotatable bonds is 5. The molecule has 0 aromatic carbocycles. The molecule has 1 aromatic heterocycles. The summed E-state index contributed by atoms with van der Waals surface area (Å²) in [5.41, 5.74) is 0.462. The predicted molar refractivity (Wildman–Crippen MR) is 68.4 cm³/mol. The summed E-state index contributed by atoms with van der Waals surface area (Å²) in [6, 6.07) is 0.244. The van der Waals surface area contributed by atoms with Gasteiger partial charge in [-0.15, -0.1) is 0 Å². The van der Waals surface area contributed by atoms with E-state index in [1.165, 1.54) is 18.6 Å². The Morgan fingerprint density at radius 3 is 3.00 bits per heavy atom. The molecule has 2 N–H and O–H groups in total. The average molecular weight is 270 g/mol. The summed E-state index contributed by atoms with van der Waals surface area (Å²) in [7, 11) is -3.39. The van der Waals surface area contributed by atoms with Crippen molar-refractivity contribution in [1.82, 2.24) is 20.0 Å². The van der Waals surface area contributed by atoms with Gasteiger partial charge in [-0.05, 0) is 26.3 Å². The zero-order chi connectivity index (χ0) is 13.0. The van der Waals surface area contributed by atoms with Gasteiger partial charge in [0.15, 0.2) is 0 Å². The zero-order valence-corrected chi connectivity index (χ0v) is 11.2. The number of aromatic nitrogens is 2. The van der Waals surface area contributed by atoms with Crippen LogP contribution < -0.4 is 10.0 Å². The number of nitrogens with zero attached hydrogens (tertiary/aromatic N) is 2. The molecule has 1 aliphatic heterocycles. The topological polar surface area (TPSA) is 84.0 Å². The highest BCUT2D eigenvalue weighted by Crippen LogP contribution is 2.17. The van der Waals surface area contributed by atoms with Crippen molar-refractivity contribution in [3.63, 3.8) is 0 Å². The minimum absolute atomic E-state index is 0.244. The highest BCUT2D eigenvalue weighted by atomic mass is 32.2. The zero-order valence-electron chi connectivity index (χ0n) is 10.3. The molecule has 7 heteroatoms. The monoisotopic (exact) mass is 270 g/mol. The summed E-state index contributed by atoms with van der Waals surface area (Å²) in [5.74, 6) is 0. The van der Waals surface area contributed by atoms with E-state index < -0.39 is 15.3 Å². The molecule has 0 aliphatic carbocycles. The fourth-order valence-corrected chi connectivity index (χ4v) is 3.08. The van der Waals surface area contributed by atoms with Crippen LogP contribution in [-0.4, -0.2) is 37.5 Å². The van der Waals surface area contributed by atoms with Crippen LogP contribution in [0.2, 0.25) is 0 Å². The molecule has 18 heavy (non-hydrogen) atoms. The summed E-state index contributed by atoms with van der Waals surface area (Å²) in [6.45, 7) is 3.02. The SMILES string of the molecule is C[C@H](c1cnccn1)S(=O)(=O)NC[C@@H]1CCCN1. The van der Waals surface area contributed by atoms with E-state index in [9.17, 15) is 8.42 Å². The third-order valence-corrected chi connectivity index (χ3v) is 4.90.